The van der Waals surface area contributed by atoms with E-state index < -0.39 is 0 Å². The highest BCUT2D eigenvalue weighted by Gasteiger charge is 2.07. The highest BCUT2D eigenvalue weighted by atomic mass is 16.5. The Hall–Kier alpha value is -1.31. The van der Waals surface area contributed by atoms with Gasteiger partial charge in [0.2, 0.25) is 0 Å². The van der Waals surface area contributed by atoms with Crippen LogP contribution in [0.15, 0.2) is 30.3 Å². The first kappa shape index (κ1) is 12.8. The van der Waals surface area contributed by atoms with E-state index in [1.165, 1.54) is 5.56 Å². The van der Waals surface area contributed by atoms with Gasteiger partial charge in [-0.15, -0.1) is 0 Å². The molecule has 0 heterocycles. The lowest BCUT2D eigenvalue weighted by Gasteiger charge is -2.10. The molecule has 0 spiro atoms. The van der Waals surface area contributed by atoms with Gasteiger partial charge in [0.25, 0.3) is 0 Å². The molecule has 0 aromatic heterocycles. The molecule has 0 aliphatic heterocycles. The zero-order chi connectivity index (χ0) is 11.8. The van der Waals surface area contributed by atoms with E-state index in [1.54, 1.807) is 0 Å². The number of hydrogen-bond donors (Lipinski definition) is 0. The molecule has 1 atom stereocenters. The number of esters is 1. The molecule has 2 nitrogen and oxygen atoms in total. The van der Waals surface area contributed by atoms with E-state index in [0.717, 1.165) is 12.8 Å². The summed E-state index contributed by atoms with van der Waals surface area (Å²) in [7, 11) is 0. The highest BCUT2D eigenvalue weighted by Crippen LogP contribution is 2.13. The topological polar surface area (TPSA) is 26.3 Å². The maximum absolute atomic E-state index is 11.2. The summed E-state index contributed by atoms with van der Waals surface area (Å²) in [4.78, 5) is 11.2. The van der Waals surface area contributed by atoms with Gasteiger partial charge in [-0.05, 0) is 31.2 Å². The summed E-state index contributed by atoms with van der Waals surface area (Å²) in [6.45, 7) is 4.49. The third-order valence-electron chi connectivity index (χ3n) is 2.57. The smallest absolute Gasteiger partial charge is 0.305 e. The van der Waals surface area contributed by atoms with Crippen molar-refractivity contribution < 1.29 is 9.53 Å². The minimum absolute atomic E-state index is 0.0811. The van der Waals surface area contributed by atoms with Gasteiger partial charge >= 0.3 is 5.97 Å². The average Bonchev–Trinajstić information content (AvgIpc) is 2.28. The van der Waals surface area contributed by atoms with Crippen LogP contribution in [0, 0.1) is 5.92 Å². The van der Waals surface area contributed by atoms with Crippen molar-refractivity contribution in [3.05, 3.63) is 35.9 Å². The van der Waals surface area contributed by atoms with Crippen LogP contribution in [0.25, 0.3) is 0 Å². The van der Waals surface area contributed by atoms with E-state index in [4.69, 9.17) is 4.74 Å². The molecule has 88 valence electrons. The normalized spacial score (nSPS) is 12.1. The predicted molar refractivity (Wildman–Crippen MR) is 65.2 cm³/mol. The molecule has 1 unspecified atom stereocenters. The molecule has 0 bridgehead atoms. The second kappa shape index (κ2) is 7.04. The third kappa shape index (κ3) is 4.96. The summed E-state index contributed by atoms with van der Waals surface area (Å²) >= 11 is 0. The number of carbonyl (C=O) groups excluding carboxylic acids is 1. The molecule has 0 fully saturated rings. The van der Waals surface area contributed by atoms with Crippen LogP contribution in [0.2, 0.25) is 0 Å². The summed E-state index contributed by atoms with van der Waals surface area (Å²) in [6, 6.07) is 10.4. The number of hydrogen-bond acceptors (Lipinski definition) is 2. The Kier molecular flexibility index (Phi) is 5.62. The molecule has 0 saturated carbocycles. The van der Waals surface area contributed by atoms with E-state index in [-0.39, 0.29) is 5.97 Å². The van der Waals surface area contributed by atoms with Crippen molar-refractivity contribution in [3.63, 3.8) is 0 Å². The van der Waals surface area contributed by atoms with Gasteiger partial charge in [0, 0.05) is 6.42 Å². The van der Waals surface area contributed by atoms with Crippen LogP contribution in [0.5, 0.6) is 0 Å². The fourth-order valence-corrected chi connectivity index (χ4v) is 1.72. The van der Waals surface area contributed by atoms with Crippen LogP contribution in [0.4, 0.5) is 0 Å². The van der Waals surface area contributed by atoms with Crippen molar-refractivity contribution in [2.24, 2.45) is 5.92 Å². The maximum atomic E-state index is 11.2. The molecule has 0 N–H and O–H groups in total. The van der Waals surface area contributed by atoms with Crippen molar-refractivity contribution in [2.45, 2.75) is 33.1 Å². The van der Waals surface area contributed by atoms with Gasteiger partial charge in [0.15, 0.2) is 0 Å². The maximum Gasteiger partial charge on any atom is 0.305 e. The van der Waals surface area contributed by atoms with Crippen LogP contribution >= 0.6 is 0 Å². The number of rotatable bonds is 6. The zero-order valence-corrected chi connectivity index (χ0v) is 10.1. The van der Waals surface area contributed by atoms with Crippen molar-refractivity contribution in [1.82, 2.24) is 0 Å². The Bertz CT molecular complexity index is 306. The number of benzene rings is 1. The van der Waals surface area contributed by atoms with E-state index in [1.807, 2.05) is 25.1 Å². The molecule has 2 heteroatoms. The first-order valence-electron chi connectivity index (χ1n) is 5.92. The Labute approximate surface area is 97.6 Å². The van der Waals surface area contributed by atoms with Crippen molar-refractivity contribution >= 4 is 5.97 Å². The Balaban J connectivity index is 2.26. The monoisotopic (exact) mass is 220 g/mol. The molecule has 0 aliphatic rings. The number of carbonyl (C=O) groups is 1. The summed E-state index contributed by atoms with van der Waals surface area (Å²) in [5, 5.41) is 0. The molecule has 0 aliphatic carbocycles. The van der Waals surface area contributed by atoms with Gasteiger partial charge < -0.3 is 4.74 Å². The largest absolute Gasteiger partial charge is 0.466 e. The summed E-state index contributed by atoms with van der Waals surface area (Å²) in [6.07, 6.45) is 2.45. The van der Waals surface area contributed by atoms with Gasteiger partial charge in [-0.2, -0.15) is 0 Å². The summed E-state index contributed by atoms with van der Waals surface area (Å²) < 4.78 is 4.90. The SMILES string of the molecule is CCOC(=O)CCC(C)Cc1ccccc1. The van der Waals surface area contributed by atoms with Crippen LogP contribution in [-0.4, -0.2) is 12.6 Å². The first-order chi connectivity index (χ1) is 7.72. The molecule has 0 amide bonds. The van der Waals surface area contributed by atoms with Gasteiger partial charge in [0.1, 0.15) is 0 Å². The standard InChI is InChI=1S/C14H20O2/c1-3-16-14(15)10-9-12(2)11-13-7-5-4-6-8-13/h4-8,12H,3,9-11H2,1-2H3. The molecule has 16 heavy (non-hydrogen) atoms. The Morgan fingerprint density at radius 1 is 1.31 bits per heavy atom. The lowest BCUT2D eigenvalue weighted by molar-refractivity contribution is -0.143. The minimum Gasteiger partial charge on any atom is -0.466 e. The fraction of sp³-hybridized carbons (Fsp3) is 0.500. The van der Waals surface area contributed by atoms with Gasteiger partial charge in [-0.1, -0.05) is 37.3 Å². The van der Waals surface area contributed by atoms with Gasteiger partial charge in [-0.25, -0.2) is 0 Å². The van der Waals surface area contributed by atoms with E-state index in [2.05, 4.69) is 19.1 Å². The van der Waals surface area contributed by atoms with Crippen molar-refractivity contribution in [2.75, 3.05) is 6.61 Å². The molecular formula is C14H20O2. The summed E-state index contributed by atoms with van der Waals surface area (Å²) in [5.41, 5.74) is 1.33. The first-order valence-corrected chi connectivity index (χ1v) is 5.92. The molecule has 0 saturated heterocycles. The number of ether oxygens (including phenoxy) is 1. The van der Waals surface area contributed by atoms with Gasteiger partial charge in [-0.3, -0.25) is 4.79 Å². The van der Waals surface area contributed by atoms with Gasteiger partial charge in [0.05, 0.1) is 6.61 Å². The molecule has 1 aromatic carbocycles. The van der Waals surface area contributed by atoms with Crippen LogP contribution in [0.3, 0.4) is 0 Å². The van der Waals surface area contributed by atoms with Crippen molar-refractivity contribution in [1.29, 1.82) is 0 Å². The van der Waals surface area contributed by atoms with E-state index >= 15 is 0 Å². The summed E-state index contributed by atoms with van der Waals surface area (Å²) in [5.74, 6) is 0.439. The van der Waals surface area contributed by atoms with E-state index in [9.17, 15) is 4.79 Å². The fourth-order valence-electron chi connectivity index (χ4n) is 1.72. The zero-order valence-electron chi connectivity index (χ0n) is 10.1. The Morgan fingerprint density at radius 2 is 2.00 bits per heavy atom. The lowest BCUT2D eigenvalue weighted by Crippen LogP contribution is -2.07. The third-order valence-corrected chi connectivity index (χ3v) is 2.57. The van der Waals surface area contributed by atoms with E-state index in [0.29, 0.717) is 18.9 Å². The lowest BCUT2D eigenvalue weighted by atomic mass is 9.97. The Morgan fingerprint density at radius 3 is 2.62 bits per heavy atom. The average molecular weight is 220 g/mol. The minimum atomic E-state index is -0.0811. The molecule has 0 radical (unpaired) electrons. The quantitative estimate of drug-likeness (QED) is 0.688. The van der Waals surface area contributed by atoms with Crippen LogP contribution in [0.1, 0.15) is 32.3 Å². The highest BCUT2D eigenvalue weighted by molar-refractivity contribution is 5.69. The molecule has 1 aromatic rings. The molecular weight excluding hydrogens is 200 g/mol. The second-order valence-corrected chi connectivity index (χ2v) is 4.14. The van der Waals surface area contributed by atoms with Crippen LogP contribution in [-0.2, 0) is 16.0 Å². The second-order valence-electron chi connectivity index (χ2n) is 4.14. The van der Waals surface area contributed by atoms with Crippen molar-refractivity contribution in [3.8, 4) is 0 Å². The predicted octanol–water partition coefficient (Wildman–Crippen LogP) is 3.21. The molecule has 1 rings (SSSR count). The van der Waals surface area contributed by atoms with Crippen LogP contribution < -0.4 is 0 Å².